The highest BCUT2D eigenvalue weighted by Crippen LogP contribution is 2.25. The van der Waals surface area contributed by atoms with Crippen LogP contribution in [0.2, 0.25) is 0 Å². The Bertz CT molecular complexity index is 782. The second kappa shape index (κ2) is 5.90. The van der Waals surface area contributed by atoms with Gasteiger partial charge in [-0.25, -0.2) is 0 Å². The monoisotopic (exact) mass is 327 g/mol. The molecule has 0 unspecified atom stereocenters. The van der Waals surface area contributed by atoms with Crippen molar-refractivity contribution in [3.63, 3.8) is 0 Å². The van der Waals surface area contributed by atoms with Crippen LogP contribution >= 0.6 is 0 Å². The summed E-state index contributed by atoms with van der Waals surface area (Å²) in [5, 5.41) is 1.13. The van der Waals surface area contributed by atoms with E-state index in [2.05, 4.69) is 37.1 Å². The van der Waals surface area contributed by atoms with Gasteiger partial charge in [0.2, 0.25) is 0 Å². The molecule has 3 heterocycles. The van der Waals surface area contributed by atoms with E-state index in [1.54, 1.807) is 0 Å². The molecule has 0 radical (unpaired) electrons. The zero-order valence-corrected chi connectivity index (χ0v) is 14.7. The van der Waals surface area contributed by atoms with E-state index in [1.807, 2.05) is 22.6 Å². The Hall–Kier alpha value is -1.85. The fourth-order valence-corrected chi connectivity index (χ4v) is 4.15. The van der Waals surface area contributed by atoms with Gasteiger partial charge >= 0.3 is 0 Å². The van der Waals surface area contributed by atoms with Crippen molar-refractivity contribution in [3.8, 4) is 0 Å². The number of fused-ring (bicyclic) bond motifs is 4. The van der Waals surface area contributed by atoms with Gasteiger partial charge in [-0.05, 0) is 32.2 Å². The number of aromatic nitrogens is 1. The number of hydrogen-bond donors (Lipinski definition) is 0. The first-order valence-electron chi connectivity index (χ1n) is 8.66. The first-order valence-corrected chi connectivity index (χ1v) is 8.66. The molecule has 2 aliphatic rings. The second-order valence-corrected chi connectivity index (χ2v) is 7.39. The van der Waals surface area contributed by atoms with Crippen molar-refractivity contribution in [3.05, 3.63) is 35.5 Å². The van der Waals surface area contributed by atoms with E-state index in [0.29, 0.717) is 12.5 Å². The van der Waals surface area contributed by atoms with E-state index < -0.39 is 0 Å². The van der Waals surface area contributed by atoms with Crippen molar-refractivity contribution in [1.29, 1.82) is 0 Å². The van der Waals surface area contributed by atoms with Gasteiger partial charge in [0, 0.05) is 43.5 Å². The number of benzene rings is 1. The van der Waals surface area contributed by atoms with E-state index >= 15 is 0 Å². The molecule has 128 valence electrons. The van der Waals surface area contributed by atoms with Gasteiger partial charge in [0.1, 0.15) is 5.69 Å². The lowest BCUT2D eigenvalue weighted by atomic mass is 10.1. The average molecular weight is 327 g/mol. The highest BCUT2D eigenvalue weighted by atomic mass is 16.5. The smallest absolute Gasteiger partial charge is 0.270 e. The standard InChI is InChI=1S/C19H25N3O2/c1-13-4-5-17-15(6-13)7-18(21(17)3)19(23)22-9-14-8-20(2)10-16(22)12-24-11-14/h4-7,14,16H,8-12H2,1-3H3/t14-,16-/m0/s1. The minimum atomic E-state index is 0.127. The molecule has 0 spiro atoms. The van der Waals surface area contributed by atoms with Crippen LogP contribution in [0.4, 0.5) is 0 Å². The number of ether oxygens (including phenoxy) is 1. The summed E-state index contributed by atoms with van der Waals surface area (Å²) in [7, 11) is 4.12. The van der Waals surface area contributed by atoms with Crippen LogP contribution < -0.4 is 0 Å². The quantitative estimate of drug-likeness (QED) is 0.803. The topological polar surface area (TPSA) is 37.7 Å². The average Bonchev–Trinajstić information content (AvgIpc) is 2.67. The molecule has 0 aliphatic carbocycles. The summed E-state index contributed by atoms with van der Waals surface area (Å²) in [6.07, 6.45) is 0. The van der Waals surface area contributed by atoms with Crippen LogP contribution in [0.1, 0.15) is 16.1 Å². The Morgan fingerprint density at radius 3 is 2.79 bits per heavy atom. The van der Waals surface area contributed by atoms with Crippen LogP contribution in [0.3, 0.4) is 0 Å². The van der Waals surface area contributed by atoms with Gasteiger partial charge in [0.15, 0.2) is 0 Å². The van der Waals surface area contributed by atoms with Crippen molar-refractivity contribution >= 4 is 16.8 Å². The van der Waals surface area contributed by atoms with Crippen molar-refractivity contribution < 1.29 is 9.53 Å². The fourth-order valence-electron chi connectivity index (χ4n) is 4.15. The second-order valence-electron chi connectivity index (χ2n) is 7.39. The predicted molar refractivity (Wildman–Crippen MR) is 94.3 cm³/mol. The predicted octanol–water partition coefficient (Wildman–Crippen LogP) is 1.89. The third-order valence-electron chi connectivity index (χ3n) is 5.33. The Kier molecular flexibility index (Phi) is 3.85. The first kappa shape index (κ1) is 15.7. The molecule has 5 heteroatoms. The molecule has 2 aromatic rings. The summed E-state index contributed by atoms with van der Waals surface area (Å²) in [5.74, 6) is 0.519. The van der Waals surface area contributed by atoms with Crippen LogP contribution in [-0.4, -0.2) is 66.2 Å². The Morgan fingerprint density at radius 2 is 1.96 bits per heavy atom. The lowest BCUT2D eigenvalue weighted by Crippen LogP contribution is -2.46. The Morgan fingerprint density at radius 1 is 1.12 bits per heavy atom. The molecule has 1 aromatic carbocycles. The van der Waals surface area contributed by atoms with E-state index in [1.165, 1.54) is 5.56 Å². The fraction of sp³-hybridized carbons (Fsp3) is 0.526. The van der Waals surface area contributed by atoms with E-state index in [9.17, 15) is 4.79 Å². The highest BCUT2D eigenvalue weighted by molar-refractivity contribution is 5.99. The maximum Gasteiger partial charge on any atom is 0.270 e. The van der Waals surface area contributed by atoms with Crippen molar-refractivity contribution in [2.75, 3.05) is 39.9 Å². The normalized spacial score (nSPS) is 25.0. The summed E-state index contributed by atoms with van der Waals surface area (Å²) in [4.78, 5) is 17.7. The molecule has 2 bridgehead atoms. The van der Waals surface area contributed by atoms with Gasteiger partial charge < -0.3 is 19.1 Å². The maximum absolute atomic E-state index is 13.3. The van der Waals surface area contributed by atoms with Crippen LogP contribution in [0.5, 0.6) is 0 Å². The van der Waals surface area contributed by atoms with Gasteiger partial charge in [-0.3, -0.25) is 4.79 Å². The Labute approximate surface area is 142 Å². The molecule has 0 N–H and O–H groups in total. The zero-order valence-electron chi connectivity index (χ0n) is 14.7. The molecule has 24 heavy (non-hydrogen) atoms. The van der Waals surface area contributed by atoms with Gasteiger partial charge in [0.05, 0.1) is 19.3 Å². The number of likely N-dealkylation sites (N-methyl/N-ethyl adjacent to an activating group) is 1. The maximum atomic E-state index is 13.3. The third-order valence-corrected chi connectivity index (χ3v) is 5.33. The number of nitrogens with zero attached hydrogens (tertiary/aromatic N) is 3. The lowest BCUT2D eigenvalue weighted by molar-refractivity contribution is 0.0478. The number of carbonyl (C=O) groups is 1. The molecule has 1 amide bonds. The molecule has 2 aliphatic heterocycles. The molecular weight excluding hydrogens is 302 g/mol. The van der Waals surface area contributed by atoms with Crippen molar-refractivity contribution in [2.45, 2.75) is 13.0 Å². The van der Waals surface area contributed by atoms with E-state index in [4.69, 9.17) is 4.74 Å². The van der Waals surface area contributed by atoms with Crippen molar-refractivity contribution in [2.24, 2.45) is 13.0 Å². The summed E-state index contributed by atoms with van der Waals surface area (Å²) >= 11 is 0. The largest absolute Gasteiger partial charge is 0.379 e. The first-order chi connectivity index (χ1) is 11.5. The summed E-state index contributed by atoms with van der Waals surface area (Å²) < 4.78 is 7.83. The molecule has 2 atom stereocenters. The Balaban J connectivity index is 1.71. The van der Waals surface area contributed by atoms with Crippen molar-refractivity contribution in [1.82, 2.24) is 14.4 Å². The number of rotatable bonds is 1. The van der Waals surface area contributed by atoms with Crippen LogP contribution in [-0.2, 0) is 11.8 Å². The molecule has 2 saturated heterocycles. The minimum absolute atomic E-state index is 0.127. The molecule has 2 fully saturated rings. The van der Waals surface area contributed by atoms with E-state index in [0.717, 1.165) is 42.8 Å². The highest BCUT2D eigenvalue weighted by Gasteiger charge is 2.35. The summed E-state index contributed by atoms with van der Waals surface area (Å²) in [5.41, 5.74) is 3.09. The molecule has 4 rings (SSSR count). The lowest BCUT2D eigenvalue weighted by Gasteiger charge is -2.29. The minimum Gasteiger partial charge on any atom is -0.379 e. The van der Waals surface area contributed by atoms with Crippen LogP contribution in [0.15, 0.2) is 24.3 Å². The number of hydrogen-bond acceptors (Lipinski definition) is 3. The van der Waals surface area contributed by atoms with Gasteiger partial charge in [-0.15, -0.1) is 0 Å². The van der Waals surface area contributed by atoms with E-state index in [-0.39, 0.29) is 11.9 Å². The zero-order chi connectivity index (χ0) is 16.8. The van der Waals surface area contributed by atoms with Crippen LogP contribution in [0, 0.1) is 12.8 Å². The van der Waals surface area contributed by atoms with Gasteiger partial charge in [0.25, 0.3) is 5.91 Å². The summed E-state index contributed by atoms with van der Waals surface area (Å²) in [6.45, 7) is 6.13. The molecule has 5 nitrogen and oxygen atoms in total. The van der Waals surface area contributed by atoms with Gasteiger partial charge in [-0.1, -0.05) is 11.6 Å². The molecular formula is C19H25N3O2. The van der Waals surface area contributed by atoms with Crippen LogP contribution in [0.25, 0.3) is 10.9 Å². The third kappa shape index (κ3) is 2.62. The molecule has 0 saturated carbocycles. The molecule has 1 aromatic heterocycles. The number of aryl methyl sites for hydroxylation is 2. The SMILES string of the molecule is Cc1ccc2c(c1)cc(C(=O)N1C[C@H]3COC[C@@H]1CN(C)C3)n2C. The summed E-state index contributed by atoms with van der Waals surface area (Å²) in [6, 6.07) is 8.50. The number of amides is 1. The number of carbonyl (C=O) groups excluding carboxylic acids is 1. The van der Waals surface area contributed by atoms with Gasteiger partial charge in [-0.2, -0.15) is 0 Å².